The number of carbonyl (C=O) groups is 1. The molecule has 1 amide bonds. The topological polar surface area (TPSA) is 79.6 Å². The minimum atomic E-state index is -3.51. The quantitative estimate of drug-likeness (QED) is 0.890. The monoisotopic (exact) mass is 376 g/mol. The van der Waals surface area contributed by atoms with Crippen LogP contribution in [0.15, 0.2) is 39.6 Å². The van der Waals surface area contributed by atoms with E-state index in [-0.39, 0.29) is 17.7 Å². The van der Waals surface area contributed by atoms with Crippen molar-refractivity contribution >= 4 is 15.9 Å². The summed E-state index contributed by atoms with van der Waals surface area (Å²) in [5, 5.41) is 2.93. The molecule has 0 saturated carbocycles. The van der Waals surface area contributed by atoms with Gasteiger partial charge in [0, 0.05) is 19.1 Å². The molecule has 0 spiro atoms. The standard InChI is InChI=1S/C19H24N2O4S/c1-13-4-5-14(2)18(12-13)26(23,24)21-10-8-16(9-11-21)20-19(22)17-7-6-15(3)25-17/h4-7,12,16H,8-11H2,1-3H3,(H,20,22). The zero-order valence-electron chi connectivity index (χ0n) is 15.3. The molecule has 0 radical (unpaired) electrons. The zero-order chi connectivity index (χ0) is 18.9. The Morgan fingerprint density at radius 1 is 1.12 bits per heavy atom. The van der Waals surface area contributed by atoms with Crippen LogP contribution < -0.4 is 5.32 Å². The molecule has 26 heavy (non-hydrogen) atoms. The Morgan fingerprint density at radius 3 is 2.42 bits per heavy atom. The SMILES string of the molecule is Cc1ccc(C)c(S(=O)(=O)N2CCC(NC(=O)c3ccc(C)o3)CC2)c1. The summed E-state index contributed by atoms with van der Waals surface area (Å²) in [7, 11) is -3.51. The summed E-state index contributed by atoms with van der Waals surface area (Å²) in [5.74, 6) is 0.714. The van der Waals surface area contributed by atoms with Crippen LogP contribution in [0.1, 0.15) is 40.3 Å². The smallest absolute Gasteiger partial charge is 0.287 e. The number of nitrogens with one attached hydrogen (secondary N) is 1. The Morgan fingerprint density at radius 2 is 1.81 bits per heavy atom. The molecule has 1 N–H and O–H groups in total. The number of benzene rings is 1. The number of rotatable bonds is 4. The van der Waals surface area contributed by atoms with Crippen LogP contribution in [0.5, 0.6) is 0 Å². The molecule has 7 heteroatoms. The Labute approximate surface area is 154 Å². The number of amides is 1. The number of carbonyl (C=O) groups excluding carboxylic acids is 1. The molecule has 1 saturated heterocycles. The highest BCUT2D eigenvalue weighted by molar-refractivity contribution is 7.89. The van der Waals surface area contributed by atoms with Crippen LogP contribution in [0.4, 0.5) is 0 Å². The molecule has 0 unspecified atom stereocenters. The number of aryl methyl sites for hydroxylation is 3. The number of hydrogen-bond donors (Lipinski definition) is 1. The second-order valence-corrected chi connectivity index (χ2v) is 8.74. The van der Waals surface area contributed by atoms with Gasteiger partial charge in [-0.1, -0.05) is 12.1 Å². The molecule has 6 nitrogen and oxygen atoms in total. The summed E-state index contributed by atoms with van der Waals surface area (Å²) in [4.78, 5) is 12.5. The third kappa shape index (κ3) is 3.83. The van der Waals surface area contributed by atoms with E-state index in [9.17, 15) is 13.2 Å². The highest BCUT2D eigenvalue weighted by Crippen LogP contribution is 2.24. The van der Waals surface area contributed by atoms with E-state index < -0.39 is 10.0 Å². The van der Waals surface area contributed by atoms with Crippen LogP contribution in [-0.4, -0.2) is 37.8 Å². The van der Waals surface area contributed by atoms with Crippen LogP contribution in [0.25, 0.3) is 0 Å². The van der Waals surface area contributed by atoms with Gasteiger partial charge in [0.05, 0.1) is 4.90 Å². The van der Waals surface area contributed by atoms with E-state index in [0.717, 1.165) is 11.1 Å². The van der Waals surface area contributed by atoms with Crippen molar-refractivity contribution in [1.29, 1.82) is 0 Å². The van der Waals surface area contributed by atoms with E-state index in [1.54, 1.807) is 25.1 Å². The van der Waals surface area contributed by atoms with Gasteiger partial charge in [-0.05, 0) is 62.9 Å². The van der Waals surface area contributed by atoms with Gasteiger partial charge >= 0.3 is 0 Å². The maximum atomic E-state index is 12.9. The molecule has 1 aromatic heterocycles. The molecule has 1 aromatic carbocycles. The van der Waals surface area contributed by atoms with Gasteiger partial charge in [-0.3, -0.25) is 4.79 Å². The first kappa shape index (κ1) is 18.7. The molecule has 1 aliphatic rings. The third-order valence-electron chi connectivity index (χ3n) is 4.71. The second-order valence-electron chi connectivity index (χ2n) is 6.83. The lowest BCUT2D eigenvalue weighted by atomic mass is 10.1. The van der Waals surface area contributed by atoms with Gasteiger partial charge in [-0.2, -0.15) is 4.31 Å². The van der Waals surface area contributed by atoms with Crippen LogP contribution in [0.3, 0.4) is 0 Å². The van der Waals surface area contributed by atoms with Crippen LogP contribution in [0, 0.1) is 20.8 Å². The summed E-state index contributed by atoms with van der Waals surface area (Å²) in [6, 6.07) is 8.79. The van der Waals surface area contributed by atoms with Crippen molar-refractivity contribution < 1.29 is 17.6 Å². The first-order chi connectivity index (χ1) is 12.3. The fourth-order valence-corrected chi connectivity index (χ4v) is 4.96. The molecule has 2 heterocycles. The van der Waals surface area contributed by atoms with Crippen molar-refractivity contribution in [3.05, 3.63) is 53.0 Å². The van der Waals surface area contributed by atoms with Crippen molar-refractivity contribution in [1.82, 2.24) is 9.62 Å². The molecule has 2 aromatic rings. The Hall–Kier alpha value is -2.12. The van der Waals surface area contributed by atoms with E-state index in [1.807, 2.05) is 26.0 Å². The lowest BCUT2D eigenvalue weighted by molar-refractivity contribution is 0.0894. The summed E-state index contributed by atoms with van der Waals surface area (Å²) in [6.07, 6.45) is 1.16. The first-order valence-corrected chi connectivity index (χ1v) is 10.2. The van der Waals surface area contributed by atoms with Crippen molar-refractivity contribution in [3.8, 4) is 0 Å². The summed E-state index contributed by atoms with van der Waals surface area (Å²) < 4.78 is 32.7. The van der Waals surface area contributed by atoms with Gasteiger partial charge in [-0.15, -0.1) is 0 Å². The van der Waals surface area contributed by atoms with Gasteiger partial charge in [0.2, 0.25) is 10.0 Å². The number of piperidine rings is 1. The van der Waals surface area contributed by atoms with Crippen molar-refractivity contribution in [2.75, 3.05) is 13.1 Å². The normalized spacial score (nSPS) is 16.6. The lowest BCUT2D eigenvalue weighted by Gasteiger charge is -2.31. The molecule has 140 valence electrons. The van der Waals surface area contributed by atoms with E-state index in [1.165, 1.54) is 4.31 Å². The van der Waals surface area contributed by atoms with E-state index in [2.05, 4.69) is 5.32 Å². The highest BCUT2D eigenvalue weighted by atomic mass is 32.2. The second kappa shape index (κ2) is 7.25. The van der Waals surface area contributed by atoms with Crippen LogP contribution >= 0.6 is 0 Å². The summed E-state index contributed by atoms with van der Waals surface area (Å²) in [6.45, 7) is 6.25. The average Bonchev–Trinajstić information content (AvgIpc) is 3.04. The molecule has 1 fully saturated rings. The Kier molecular flexibility index (Phi) is 5.20. The number of nitrogens with zero attached hydrogens (tertiary/aromatic N) is 1. The van der Waals surface area contributed by atoms with Gasteiger partial charge in [-0.25, -0.2) is 8.42 Å². The van der Waals surface area contributed by atoms with E-state index >= 15 is 0 Å². The van der Waals surface area contributed by atoms with Crippen molar-refractivity contribution in [3.63, 3.8) is 0 Å². The zero-order valence-corrected chi connectivity index (χ0v) is 16.1. The summed E-state index contributed by atoms with van der Waals surface area (Å²) in [5.41, 5.74) is 1.67. The van der Waals surface area contributed by atoms with Gasteiger partial charge in [0.15, 0.2) is 5.76 Å². The highest BCUT2D eigenvalue weighted by Gasteiger charge is 2.31. The largest absolute Gasteiger partial charge is 0.456 e. The maximum absolute atomic E-state index is 12.9. The number of furan rings is 1. The molecule has 1 aliphatic heterocycles. The third-order valence-corrected chi connectivity index (χ3v) is 6.76. The minimum Gasteiger partial charge on any atom is -0.456 e. The Bertz CT molecular complexity index is 909. The van der Waals surface area contributed by atoms with Gasteiger partial charge < -0.3 is 9.73 Å². The molecular formula is C19H24N2O4S. The molecule has 3 rings (SSSR count). The predicted octanol–water partition coefficient (Wildman–Crippen LogP) is 2.79. The summed E-state index contributed by atoms with van der Waals surface area (Å²) >= 11 is 0. The van der Waals surface area contributed by atoms with Gasteiger partial charge in [0.1, 0.15) is 5.76 Å². The fourth-order valence-electron chi connectivity index (χ4n) is 3.18. The number of sulfonamides is 1. The number of hydrogen-bond acceptors (Lipinski definition) is 4. The molecular weight excluding hydrogens is 352 g/mol. The molecule has 0 bridgehead atoms. The maximum Gasteiger partial charge on any atom is 0.287 e. The first-order valence-electron chi connectivity index (χ1n) is 8.72. The average molecular weight is 376 g/mol. The predicted molar refractivity (Wildman–Crippen MR) is 98.6 cm³/mol. The van der Waals surface area contributed by atoms with E-state index in [4.69, 9.17) is 4.42 Å². The van der Waals surface area contributed by atoms with Crippen LogP contribution in [-0.2, 0) is 10.0 Å². The van der Waals surface area contributed by atoms with Gasteiger partial charge in [0.25, 0.3) is 5.91 Å². The van der Waals surface area contributed by atoms with Crippen molar-refractivity contribution in [2.24, 2.45) is 0 Å². The minimum absolute atomic E-state index is 0.0574. The van der Waals surface area contributed by atoms with E-state index in [0.29, 0.717) is 36.6 Å². The Balaban J connectivity index is 1.64. The molecule has 0 aliphatic carbocycles. The molecule has 0 atom stereocenters. The lowest BCUT2D eigenvalue weighted by Crippen LogP contribution is -2.46. The van der Waals surface area contributed by atoms with Crippen LogP contribution in [0.2, 0.25) is 0 Å². The van der Waals surface area contributed by atoms with Crippen molar-refractivity contribution in [2.45, 2.75) is 44.6 Å². The fraction of sp³-hybridized carbons (Fsp3) is 0.421.